The van der Waals surface area contributed by atoms with E-state index in [1.807, 2.05) is 0 Å². The van der Waals surface area contributed by atoms with E-state index in [0.717, 1.165) is 23.6 Å². The molecule has 1 aromatic carbocycles. The van der Waals surface area contributed by atoms with Gasteiger partial charge in [-0.2, -0.15) is 0 Å². The Balaban J connectivity index is 1.73. The Kier molecular flexibility index (Phi) is 7.05. The number of carboxylic acids is 1. The molecule has 3 amide bonds. The van der Waals surface area contributed by atoms with Gasteiger partial charge in [0.1, 0.15) is 18.9 Å². The Bertz CT molecular complexity index is 1090. The lowest BCUT2D eigenvalue weighted by Gasteiger charge is -2.57. The van der Waals surface area contributed by atoms with E-state index >= 15 is 0 Å². The number of esters is 1. The highest BCUT2D eigenvalue weighted by Gasteiger charge is 2.66. The maximum absolute atomic E-state index is 12.8. The first-order valence-corrected chi connectivity index (χ1v) is 10.5. The summed E-state index contributed by atoms with van der Waals surface area (Å²) < 4.78 is 9.90. The number of ether oxygens (including phenoxy) is 2. The highest BCUT2D eigenvalue weighted by Crippen LogP contribution is 2.47. The third-order valence-electron chi connectivity index (χ3n) is 4.91. The van der Waals surface area contributed by atoms with Crippen molar-refractivity contribution in [2.45, 2.75) is 24.6 Å². The van der Waals surface area contributed by atoms with Crippen molar-refractivity contribution in [2.24, 2.45) is 0 Å². The molecule has 0 aromatic heterocycles. The molecule has 0 saturated carbocycles. The topological polar surface area (TPSA) is 194 Å². The molecule has 2 heterocycles. The summed E-state index contributed by atoms with van der Waals surface area (Å²) >= 11 is 0.955. The van der Waals surface area contributed by atoms with E-state index in [-0.39, 0.29) is 36.6 Å². The molecule has 0 radical (unpaired) electrons. The molecule has 15 heteroatoms. The van der Waals surface area contributed by atoms with Gasteiger partial charge in [0.2, 0.25) is 6.41 Å². The number of nitro groups is 1. The zero-order chi connectivity index (χ0) is 25.0. The zero-order valence-electron chi connectivity index (χ0n) is 17.5. The first-order valence-electron chi connectivity index (χ1n) is 9.55. The van der Waals surface area contributed by atoms with Crippen molar-refractivity contribution in [1.82, 2.24) is 15.5 Å². The Labute approximate surface area is 195 Å². The van der Waals surface area contributed by atoms with Crippen molar-refractivity contribution >= 4 is 47.8 Å². The summed E-state index contributed by atoms with van der Waals surface area (Å²) in [5.41, 5.74) is -0.0126. The third kappa shape index (κ3) is 4.63. The molecule has 3 rings (SSSR count). The summed E-state index contributed by atoms with van der Waals surface area (Å²) in [6, 6.07) is 3.90. The molecule has 14 nitrogen and oxygen atoms in total. The van der Waals surface area contributed by atoms with Crippen molar-refractivity contribution in [2.75, 3.05) is 12.4 Å². The molecule has 34 heavy (non-hydrogen) atoms. The van der Waals surface area contributed by atoms with Gasteiger partial charge in [0.15, 0.2) is 11.0 Å². The molecule has 1 saturated heterocycles. The van der Waals surface area contributed by atoms with Crippen molar-refractivity contribution in [1.29, 1.82) is 0 Å². The predicted octanol–water partition coefficient (Wildman–Crippen LogP) is 0.0802. The maximum Gasteiger partial charge on any atom is 0.408 e. The lowest BCUT2D eigenvalue weighted by molar-refractivity contribution is -0.384. The highest BCUT2D eigenvalue weighted by molar-refractivity contribution is 8.01. The Morgan fingerprint density at radius 1 is 1.29 bits per heavy atom. The first kappa shape index (κ1) is 24.5. The van der Waals surface area contributed by atoms with Crippen molar-refractivity contribution < 1.29 is 43.5 Å². The standard InChI is InChI=1S/C19H18N4O10S/c1-10(25)32-7-12-8-34-19(20-9-24)15(16(26)22(19)14(12)17(27)28)21-18(29)33-6-11-2-4-13(5-3-11)23(30)31/h2-5,9,15H,6-8H2,1H3,(H,20,24)(H,21,29)(H,27,28)/t15-,19?/m0/s1. The summed E-state index contributed by atoms with van der Waals surface area (Å²) in [5, 5.41) is 25.1. The quantitative estimate of drug-likeness (QED) is 0.138. The number of rotatable bonds is 9. The number of benzene rings is 1. The number of hydrogen-bond donors (Lipinski definition) is 3. The Morgan fingerprint density at radius 2 is 1.97 bits per heavy atom. The summed E-state index contributed by atoms with van der Waals surface area (Å²) in [6.45, 7) is 0.523. The lowest BCUT2D eigenvalue weighted by Crippen LogP contribution is -2.83. The van der Waals surface area contributed by atoms with Gasteiger partial charge in [0.25, 0.3) is 11.6 Å². The molecule has 2 atom stereocenters. The number of nitrogens with zero attached hydrogens (tertiary/aromatic N) is 2. The zero-order valence-corrected chi connectivity index (χ0v) is 18.3. The molecular formula is C19H18N4O10S. The van der Waals surface area contributed by atoms with Gasteiger partial charge in [-0.3, -0.25) is 29.4 Å². The van der Waals surface area contributed by atoms with Gasteiger partial charge in [-0.1, -0.05) is 0 Å². The molecule has 0 bridgehead atoms. The summed E-state index contributed by atoms with van der Waals surface area (Å²) in [4.78, 5) is 68.7. The number of β-lactam (4-membered cyclic amide) rings is 1. The van der Waals surface area contributed by atoms with Gasteiger partial charge in [0, 0.05) is 30.4 Å². The number of non-ortho nitro benzene ring substituents is 1. The predicted molar refractivity (Wildman–Crippen MR) is 113 cm³/mol. The second kappa shape index (κ2) is 9.78. The van der Waals surface area contributed by atoms with Gasteiger partial charge >= 0.3 is 18.0 Å². The van der Waals surface area contributed by atoms with Crippen LogP contribution in [0.1, 0.15) is 12.5 Å². The molecule has 180 valence electrons. The minimum Gasteiger partial charge on any atom is -0.477 e. The van der Waals surface area contributed by atoms with Crippen LogP contribution in [0, 0.1) is 10.1 Å². The Hall–Kier alpha value is -4.14. The van der Waals surface area contributed by atoms with E-state index in [2.05, 4.69) is 10.6 Å². The normalized spacial score (nSPS) is 21.0. The molecule has 2 aliphatic heterocycles. The SMILES string of the molecule is CC(=O)OCC1=C(C(=O)O)N2C(=O)[C@H](NC(=O)OCc3ccc([N+](=O)[O-])cc3)C2(NC=O)SC1. The van der Waals surface area contributed by atoms with Crippen LogP contribution in [0.25, 0.3) is 0 Å². The molecule has 1 aromatic rings. The molecule has 3 N–H and O–H groups in total. The average molecular weight is 494 g/mol. The molecule has 0 spiro atoms. The molecule has 1 unspecified atom stereocenters. The van der Waals surface area contributed by atoms with E-state index in [1.54, 1.807) is 0 Å². The van der Waals surface area contributed by atoms with Gasteiger partial charge in [0.05, 0.1) is 4.92 Å². The van der Waals surface area contributed by atoms with Crippen LogP contribution in [0.5, 0.6) is 0 Å². The van der Waals surface area contributed by atoms with Crippen molar-refractivity contribution in [3.63, 3.8) is 0 Å². The molecular weight excluding hydrogens is 476 g/mol. The average Bonchev–Trinajstić information content (AvgIpc) is 2.79. The summed E-state index contributed by atoms with van der Waals surface area (Å²) in [7, 11) is 0. The number of fused-ring (bicyclic) bond motifs is 1. The second-order valence-electron chi connectivity index (χ2n) is 7.04. The first-order chi connectivity index (χ1) is 16.1. The van der Waals surface area contributed by atoms with E-state index in [1.165, 1.54) is 24.3 Å². The fourth-order valence-electron chi connectivity index (χ4n) is 3.37. The van der Waals surface area contributed by atoms with E-state index < -0.39 is 45.6 Å². The van der Waals surface area contributed by atoms with Crippen LogP contribution < -0.4 is 10.6 Å². The number of alkyl carbamates (subject to hydrolysis) is 1. The summed E-state index contributed by atoms with van der Waals surface area (Å²) in [5.74, 6) is -2.97. The highest BCUT2D eigenvalue weighted by atomic mass is 32.2. The van der Waals surface area contributed by atoms with E-state index in [9.17, 15) is 39.2 Å². The van der Waals surface area contributed by atoms with Gasteiger partial charge in [-0.05, 0) is 17.7 Å². The fraction of sp³-hybridized carbons (Fsp3) is 0.316. The molecule has 0 aliphatic carbocycles. The summed E-state index contributed by atoms with van der Waals surface area (Å²) in [6.07, 6.45) is -0.768. The third-order valence-corrected chi connectivity index (χ3v) is 6.38. The number of carbonyl (C=O) groups excluding carboxylic acids is 4. The molecule has 2 aliphatic rings. The van der Waals surface area contributed by atoms with Crippen molar-refractivity contribution in [3.8, 4) is 0 Å². The number of nitrogens with one attached hydrogen (secondary N) is 2. The van der Waals surface area contributed by atoms with E-state index in [4.69, 9.17) is 9.47 Å². The van der Waals surface area contributed by atoms with Crippen LogP contribution in [0.3, 0.4) is 0 Å². The van der Waals surface area contributed by atoms with Gasteiger partial charge in [-0.15, -0.1) is 11.8 Å². The number of nitro benzene ring substituents is 1. The largest absolute Gasteiger partial charge is 0.477 e. The second-order valence-corrected chi connectivity index (χ2v) is 8.24. The molecule has 1 fully saturated rings. The minimum absolute atomic E-state index is 0.0183. The van der Waals surface area contributed by atoms with Crippen LogP contribution in [0.15, 0.2) is 35.5 Å². The van der Waals surface area contributed by atoms with Crippen LogP contribution in [0.4, 0.5) is 10.5 Å². The number of amides is 3. The number of carbonyl (C=O) groups is 5. The van der Waals surface area contributed by atoms with Gasteiger partial charge in [-0.25, -0.2) is 9.59 Å². The number of carboxylic acid groups (broad SMARTS) is 1. The van der Waals surface area contributed by atoms with Crippen LogP contribution >= 0.6 is 11.8 Å². The number of hydrogen-bond acceptors (Lipinski definition) is 10. The van der Waals surface area contributed by atoms with Crippen molar-refractivity contribution in [3.05, 3.63) is 51.2 Å². The Morgan fingerprint density at radius 3 is 2.53 bits per heavy atom. The van der Waals surface area contributed by atoms with E-state index in [0.29, 0.717) is 5.56 Å². The monoisotopic (exact) mass is 494 g/mol. The van der Waals surface area contributed by atoms with Gasteiger partial charge < -0.3 is 25.2 Å². The smallest absolute Gasteiger partial charge is 0.408 e. The lowest BCUT2D eigenvalue weighted by atomic mass is 9.98. The maximum atomic E-state index is 12.8. The fourth-order valence-corrected chi connectivity index (χ4v) is 4.75. The van der Waals surface area contributed by atoms with Crippen LogP contribution in [0.2, 0.25) is 0 Å². The minimum atomic E-state index is -1.63. The number of aliphatic carboxylic acids is 1. The van der Waals surface area contributed by atoms with Crippen LogP contribution in [-0.4, -0.2) is 68.7 Å². The van der Waals surface area contributed by atoms with Crippen LogP contribution in [-0.2, 0) is 35.3 Å². The number of thioether (sulfide) groups is 1.